The summed E-state index contributed by atoms with van der Waals surface area (Å²) in [6, 6.07) is 1.83. The first-order chi connectivity index (χ1) is 17.8. The van der Waals surface area contributed by atoms with E-state index in [4.69, 9.17) is 24.8 Å². The highest BCUT2D eigenvalue weighted by atomic mass is 16.7. The molecule has 15 nitrogen and oxygen atoms in total. The smallest absolute Gasteiger partial charge is 0.352 e. The van der Waals surface area contributed by atoms with E-state index in [1.807, 2.05) is 0 Å². The monoisotopic (exact) mass is 520 g/mol. The number of carboxylic acid groups (broad SMARTS) is 2. The van der Waals surface area contributed by atoms with Crippen molar-refractivity contribution >= 4 is 29.4 Å². The van der Waals surface area contributed by atoms with Crippen molar-refractivity contribution in [2.24, 2.45) is 5.73 Å². The Hall–Kier alpha value is -4.02. The van der Waals surface area contributed by atoms with Gasteiger partial charge in [0, 0.05) is 12.1 Å². The van der Waals surface area contributed by atoms with Crippen LogP contribution in [0.3, 0.4) is 0 Å². The summed E-state index contributed by atoms with van der Waals surface area (Å²) in [6.07, 6.45) is 0. The highest BCUT2D eigenvalue weighted by molar-refractivity contribution is 6.52. The average Bonchev–Trinajstić information content (AvgIpc) is 3.33. The molecule has 2 heterocycles. The molecule has 0 spiro atoms. The van der Waals surface area contributed by atoms with E-state index in [1.54, 1.807) is 0 Å². The van der Waals surface area contributed by atoms with Gasteiger partial charge in [-0.2, -0.15) is 0 Å². The number of ketones is 2. The molecule has 0 aromatic carbocycles. The summed E-state index contributed by atoms with van der Waals surface area (Å²) in [4.78, 5) is 72.0. The molecule has 6 N–H and O–H groups in total. The fourth-order valence-electron chi connectivity index (χ4n) is 3.32. The molecule has 2 aromatic heterocycles. The molecule has 2 aromatic rings. The molecule has 198 valence electrons. The van der Waals surface area contributed by atoms with E-state index >= 15 is 0 Å². The van der Waals surface area contributed by atoms with Crippen LogP contribution in [0.4, 0.5) is 0 Å². The zero-order valence-corrected chi connectivity index (χ0v) is 19.4. The van der Waals surface area contributed by atoms with Crippen LogP contribution in [0.25, 0.3) is 11.3 Å². The second kappa shape index (κ2) is 12.8. The number of hydroxylamine groups is 1. The number of nitrogens with zero attached hydrogens (tertiary/aromatic N) is 1. The maximum Gasteiger partial charge on any atom is 0.352 e. The van der Waals surface area contributed by atoms with Crippen molar-refractivity contribution in [3.8, 4) is 11.3 Å². The zero-order chi connectivity index (χ0) is 26.9. The van der Waals surface area contributed by atoms with Crippen molar-refractivity contribution < 1.29 is 53.2 Å². The number of nitrogens with one attached hydrogen (secondary N) is 2. The number of carbonyl (C=O) groups excluding carboxylic acids is 3. The molecule has 0 aliphatic heterocycles. The lowest BCUT2D eigenvalue weighted by Crippen LogP contribution is -2.30. The Morgan fingerprint density at radius 1 is 0.892 bits per heavy atom. The summed E-state index contributed by atoms with van der Waals surface area (Å²) in [5.74, 6) is -6.20. The number of carbonyl (C=O) groups is 5. The number of hydrogen-bond donors (Lipinski definition) is 5. The third-order valence-corrected chi connectivity index (χ3v) is 4.95. The molecule has 0 fully saturated rings. The van der Waals surface area contributed by atoms with Gasteiger partial charge in [-0.15, -0.1) is 0 Å². The number of aromatic carboxylic acids is 2. The van der Waals surface area contributed by atoms with E-state index in [0.29, 0.717) is 33.0 Å². The van der Waals surface area contributed by atoms with Crippen LogP contribution in [-0.4, -0.2) is 102 Å². The highest BCUT2D eigenvalue weighted by Crippen LogP contribution is 2.35. The number of amides is 1. The lowest BCUT2D eigenvalue weighted by Gasteiger charge is -2.17. The molecule has 37 heavy (non-hydrogen) atoms. The lowest BCUT2D eigenvalue weighted by atomic mass is 9.88. The van der Waals surface area contributed by atoms with Crippen LogP contribution in [0.2, 0.25) is 0 Å². The van der Waals surface area contributed by atoms with E-state index in [-0.39, 0.29) is 36.6 Å². The zero-order valence-electron chi connectivity index (χ0n) is 19.4. The molecule has 0 saturated carbocycles. The van der Waals surface area contributed by atoms with E-state index in [2.05, 4.69) is 15.4 Å². The normalized spacial score (nSPS) is 12.2. The maximum absolute atomic E-state index is 12.6. The quantitative estimate of drug-likeness (QED) is 0.114. The number of pyridine rings is 1. The molecule has 3 rings (SSSR count). The summed E-state index contributed by atoms with van der Waals surface area (Å²) in [7, 11) is 0. The number of aromatic nitrogens is 2. The van der Waals surface area contributed by atoms with Gasteiger partial charge in [0.25, 0.3) is 11.7 Å². The van der Waals surface area contributed by atoms with Crippen LogP contribution < -0.4 is 11.2 Å². The van der Waals surface area contributed by atoms with Gasteiger partial charge in [-0.25, -0.2) is 20.1 Å². The van der Waals surface area contributed by atoms with Crippen molar-refractivity contribution in [1.29, 1.82) is 0 Å². The Labute approximate surface area is 208 Å². The summed E-state index contributed by atoms with van der Waals surface area (Å²) < 4.78 is 15.7. The van der Waals surface area contributed by atoms with Gasteiger partial charge >= 0.3 is 11.9 Å². The van der Waals surface area contributed by atoms with Crippen molar-refractivity contribution in [1.82, 2.24) is 15.4 Å². The Kier molecular flexibility index (Phi) is 9.53. The molecule has 0 bridgehead atoms. The second-order valence-electron chi connectivity index (χ2n) is 7.42. The average molecular weight is 520 g/mol. The third-order valence-electron chi connectivity index (χ3n) is 4.95. The predicted octanol–water partition coefficient (Wildman–Crippen LogP) is -0.478. The predicted molar refractivity (Wildman–Crippen MR) is 122 cm³/mol. The number of H-pyrrole nitrogens is 1. The Morgan fingerprint density at radius 3 is 2.11 bits per heavy atom. The van der Waals surface area contributed by atoms with Crippen molar-refractivity contribution in [2.45, 2.75) is 0 Å². The SMILES string of the molecule is NCCOCCOCCOCCONC(=O)c1cc(C(=O)O)c2c(n1)C(=O)C(=O)c1cc(C(=O)O)[nH]c1-2. The van der Waals surface area contributed by atoms with Crippen LogP contribution >= 0.6 is 0 Å². The minimum absolute atomic E-state index is 0.0662. The number of aromatic amines is 1. The number of ether oxygens (including phenoxy) is 3. The fraction of sp³-hybridized carbons (Fsp3) is 0.364. The summed E-state index contributed by atoms with van der Waals surface area (Å²) >= 11 is 0. The molecule has 1 amide bonds. The van der Waals surface area contributed by atoms with Crippen molar-refractivity contribution in [3.63, 3.8) is 0 Å². The first-order valence-electron chi connectivity index (χ1n) is 11.0. The Bertz CT molecular complexity index is 1210. The van der Waals surface area contributed by atoms with Crippen LogP contribution in [0.15, 0.2) is 12.1 Å². The van der Waals surface area contributed by atoms with Crippen LogP contribution in [-0.2, 0) is 19.0 Å². The molecule has 15 heteroatoms. The third kappa shape index (κ3) is 6.60. The van der Waals surface area contributed by atoms with Crippen molar-refractivity contribution in [2.75, 3.05) is 52.8 Å². The number of carboxylic acids is 2. The van der Waals surface area contributed by atoms with Crippen LogP contribution in [0.5, 0.6) is 0 Å². The Morgan fingerprint density at radius 2 is 1.51 bits per heavy atom. The van der Waals surface area contributed by atoms with Gasteiger partial charge in [-0.1, -0.05) is 0 Å². The van der Waals surface area contributed by atoms with Crippen molar-refractivity contribution in [3.05, 3.63) is 40.3 Å². The number of Topliss-reactive ketones (excluding diaryl/α,β-unsaturated/α-hetero) is 2. The molecule has 1 aliphatic rings. The van der Waals surface area contributed by atoms with Crippen LogP contribution in [0, 0.1) is 0 Å². The fourth-order valence-corrected chi connectivity index (χ4v) is 3.32. The largest absolute Gasteiger partial charge is 0.478 e. The van der Waals surface area contributed by atoms with Gasteiger partial charge in [0.2, 0.25) is 5.78 Å². The minimum Gasteiger partial charge on any atom is -0.478 e. The lowest BCUT2D eigenvalue weighted by molar-refractivity contribution is -0.0197. The first-order valence-corrected chi connectivity index (χ1v) is 11.0. The van der Waals surface area contributed by atoms with Gasteiger partial charge in [0.1, 0.15) is 17.1 Å². The standard InChI is InChI=1S/C22H24N4O11/c23-1-2-34-3-4-35-5-6-36-7-8-37-26-20(29)13-9-11(21(30)31)15-16-12(10-14(25-16)22(32)33)18(27)19(28)17(15)24-13/h9-10,25H,1-8,23H2,(H,26,29)(H,30,31)(H,32,33). The van der Waals surface area contributed by atoms with E-state index < -0.39 is 52.1 Å². The number of hydrogen-bond acceptors (Lipinski definition) is 11. The number of fused-ring (bicyclic) bond motifs is 3. The van der Waals surface area contributed by atoms with Gasteiger partial charge in [-0.05, 0) is 12.1 Å². The van der Waals surface area contributed by atoms with Crippen LogP contribution in [0.1, 0.15) is 52.2 Å². The topological polar surface area (TPSA) is 229 Å². The summed E-state index contributed by atoms with van der Waals surface area (Å²) in [5, 5.41) is 18.9. The van der Waals surface area contributed by atoms with Gasteiger partial charge in [0.05, 0.1) is 63.1 Å². The highest BCUT2D eigenvalue weighted by Gasteiger charge is 2.38. The molecule has 0 saturated heterocycles. The molecule has 0 unspecified atom stereocenters. The van der Waals surface area contributed by atoms with Gasteiger partial charge in [-0.3, -0.25) is 19.2 Å². The van der Waals surface area contributed by atoms with E-state index in [9.17, 15) is 34.2 Å². The Balaban J connectivity index is 1.60. The molecular weight excluding hydrogens is 496 g/mol. The molecule has 0 radical (unpaired) electrons. The maximum atomic E-state index is 12.6. The van der Waals surface area contributed by atoms with E-state index in [0.717, 1.165) is 12.1 Å². The minimum atomic E-state index is -1.53. The summed E-state index contributed by atoms with van der Waals surface area (Å²) in [6.45, 7) is 2.32. The molecule has 0 atom stereocenters. The number of nitrogens with two attached hydrogens (primary N) is 1. The summed E-state index contributed by atoms with van der Waals surface area (Å²) in [5.41, 5.74) is 4.50. The van der Waals surface area contributed by atoms with Gasteiger partial charge < -0.3 is 35.1 Å². The van der Waals surface area contributed by atoms with E-state index in [1.165, 1.54) is 0 Å². The number of rotatable bonds is 15. The first kappa shape index (κ1) is 27.6. The van der Waals surface area contributed by atoms with Gasteiger partial charge in [0.15, 0.2) is 0 Å². The molecule has 1 aliphatic carbocycles. The second-order valence-corrected chi connectivity index (χ2v) is 7.42. The molecular formula is C22H24N4O11.